The van der Waals surface area contributed by atoms with Crippen LogP contribution in [0.1, 0.15) is 25.8 Å². The van der Waals surface area contributed by atoms with Crippen LogP contribution in [0.15, 0.2) is 23.1 Å². The van der Waals surface area contributed by atoms with Crippen LogP contribution in [0.3, 0.4) is 0 Å². The molecule has 1 aliphatic heterocycles. The summed E-state index contributed by atoms with van der Waals surface area (Å²) in [5, 5.41) is 3.22. The molecule has 0 amide bonds. The first kappa shape index (κ1) is 13.4. The second kappa shape index (κ2) is 5.28. The number of fused-ring (bicyclic) bond motifs is 1. The molecule has 18 heavy (non-hydrogen) atoms. The lowest BCUT2D eigenvalue weighted by Crippen LogP contribution is -2.31. The lowest BCUT2D eigenvalue weighted by Gasteiger charge is -2.20. The van der Waals surface area contributed by atoms with Crippen molar-refractivity contribution in [2.75, 3.05) is 25.0 Å². The predicted octanol–water partition coefficient (Wildman–Crippen LogP) is 2.08. The Morgan fingerprint density at radius 1 is 1.33 bits per heavy atom. The average molecular weight is 268 g/mol. The maximum Gasteiger partial charge on any atom is 0.243 e. The van der Waals surface area contributed by atoms with Crippen LogP contribution in [-0.4, -0.2) is 32.4 Å². The van der Waals surface area contributed by atoms with Crippen molar-refractivity contribution in [3.8, 4) is 0 Å². The fraction of sp³-hybridized carbons (Fsp3) is 0.538. The zero-order valence-electron chi connectivity index (χ0n) is 10.9. The first-order valence-electron chi connectivity index (χ1n) is 6.46. The molecule has 0 fully saturated rings. The Hall–Kier alpha value is -1.07. The van der Waals surface area contributed by atoms with Crippen molar-refractivity contribution in [1.29, 1.82) is 0 Å². The Morgan fingerprint density at radius 3 is 2.78 bits per heavy atom. The topological polar surface area (TPSA) is 49.4 Å². The largest absolute Gasteiger partial charge is 0.384 e. The van der Waals surface area contributed by atoms with E-state index in [9.17, 15) is 8.42 Å². The summed E-state index contributed by atoms with van der Waals surface area (Å²) in [6.07, 6.45) is 1.80. The molecule has 0 bridgehead atoms. The highest BCUT2D eigenvalue weighted by Gasteiger charge is 2.23. The zero-order valence-corrected chi connectivity index (χ0v) is 11.8. The van der Waals surface area contributed by atoms with Gasteiger partial charge in [0.1, 0.15) is 0 Å². The molecule has 0 aromatic heterocycles. The van der Waals surface area contributed by atoms with E-state index < -0.39 is 10.0 Å². The van der Waals surface area contributed by atoms with Gasteiger partial charge in [0.05, 0.1) is 4.90 Å². The summed E-state index contributed by atoms with van der Waals surface area (Å²) in [6.45, 7) is 5.84. The highest BCUT2D eigenvalue weighted by atomic mass is 32.2. The van der Waals surface area contributed by atoms with E-state index in [1.165, 1.54) is 9.87 Å². The van der Waals surface area contributed by atoms with Crippen molar-refractivity contribution >= 4 is 15.7 Å². The molecule has 4 nitrogen and oxygen atoms in total. The molecule has 5 heteroatoms. The van der Waals surface area contributed by atoms with Crippen LogP contribution in [0.4, 0.5) is 5.69 Å². The van der Waals surface area contributed by atoms with Crippen molar-refractivity contribution in [2.24, 2.45) is 0 Å². The van der Waals surface area contributed by atoms with Crippen LogP contribution >= 0.6 is 0 Å². The number of hydrogen-bond acceptors (Lipinski definition) is 3. The zero-order chi connectivity index (χ0) is 13.2. The summed E-state index contributed by atoms with van der Waals surface area (Å²) in [7, 11) is -3.34. The number of rotatable bonds is 5. The van der Waals surface area contributed by atoms with Crippen LogP contribution in [0, 0.1) is 0 Å². The minimum atomic E-state index is -3.34. The third kappa shape index (κ3) is 2.37. The van der Waals surface area contributed by atoms with Crippen LogP contribution < -0.4 is 5.32 Å². The molecule has 1 aromatic rings. The quantitative estimate of drug-likeness (QED) is 0.889. The molecule has 2 rings (SSSR count). The van der Waals surface area contributed by atoms with E-state index in [1.54, 1.807) is 12.1 Å². The minimum absolute atomic E-state index is 0.394. The van der Waals surface area contributed by atoms with Crippen LogP contribution in [-0.2, 0) is 16.4 Å². The van der Waals surface area contributed by atoms with Gasteiger partial charge in [0.25, 0.3) is 0 Å². The molecular formula is C13H20N2O2S. The van der Waals surface area contributed by atoms with E-state index in [1.807, 2.05) is 19.9 Å². The van der Waals surface area contributed by atoms with Gasteiger partial charge in [0.2, 0.25) is 10.0 Å². The van der Waals surface area contributed by atoms with E-state index in [4.69, 9.17) is 0 Å². The summed E-state index contributed by atoms with van der Waals surface area (Å²) in [6, 6.07) is 5.40. The lowest BCUT2D eigenvalue weighted by molar-refractivity contribution is 0.427. The van der Waals surface area contributed by atoms with Crippen molar-refractivity contribution in [1.82, 2.24) is 4.31 Å². The summed E-state index contributed by atoms with van der Waals surface area (Å²) in [4.78, 5) is 0.394. The first-order valence-corrected chi connectivity index (χ1v) is 7.90. The minimum Gasteiger partial charge on any atom is -0.384 e. The van der Waals surface area contributed by atoms with E-state index >= 15 is 0 Å². The maximum atomic E-state index is 12.5. The Bertz CT molecular complexity index is 526. The molecule has 1 aromatic carbocycles. The number of anilines is 1. The van der Waals surface area contributed by atoms with Gasteiger partial charge in [0.15, 0.2) is 0 Å². The van der Waals surface area contributed by atoms with Crippen molar-refractivity contribution in [3.05, 3.63) is 23.8 Å². The van der Waals surface area contributed by atoms with Crippen molar-refractivity contribution < 1.29 is 8.42 Å². The lowest BCUT2D eigenvalue weighted by atomic mass is 10.2. The van der Waals surface area contributed by atoms with E-state index in [0.29, 0.717) is 18.0 Å². The number of nitrogens with zero attached hydrogens (tertiary/aromatic N) is 1. The van der Waals surface area contributed by atoms with E-state index in [0.717, 1.165) is 25.1 Å². The molecule has 0 saturated carbocycles. The van der Waals surface area contributed by atoms with Gasteiger partial charge in [-0.3, -0.25) is 0 Å². The van der Waals surface area contributed by atoms with Gasteiger partial charge >= 0.3 is 0 Å². The van der Waals surface area contributed by atoms with Gasteiger partial charge in [-0.05, 0) is 30.5 Å². The molecule has 0 saturated heterocycles. The molecule has 0 radical (unpaired) electrons. The average Bonchev–Trinajstić information content (AvgIpc) is 2.82. The Labute approximate surface area is 109 Å². The van der Waals surface area contributed by atoms with Crippen molar-refractivity contribution in [2.45, 2.75) is 31.6 Å². The number of hydrogen-bond donors (Lipinski definition) is 1. The third-order valence-corrected chi connectivity index (χ3v) is 5.22. The molecule has 1 aliphatic rings. The highest BCUT2D eigenvalue weighted by Crippen LogP contribution is 2.26. The summed E-state index contributed by atoms with van der Waals surface area (Å²) < 4.78 is 26.4. The van der Waals surface area contributed by atoms with Gasteiger partial charge in [-0.25, -0.2) is 8.42 Å². The Balaban J connectivity index is 2.35. The number of benzene rings is 1. The van der Waals surface area contributed by atoms with Gasteiger partial charge in [0, 0.05) is 25.3 Å². The van der Waals surface area contributed by atoms with E-state index in [2.05, 4.69) is 5.32 Å². The molecule has 1 N–H and O–H groups in total. The molecule has 100 valence electrons. The Kier molecular flexibility index (Phi) is 3.92. The fourth-order valence-electron chi connectivity index (χ4n) is 2.28. The normalized spacial score (nSPS) is 14.6. The van der Waals surface area contributed by atoms with Crippen LogP contribution in [0.2, 0.25) is 0 Å². The van der Waals surface area contributed by atoms with Gasteiger partial charge in [-0.15, -0.1) is 0 Å². The second-order valence-corrected chi connectivity index (χ2v) is 6.43. The van der Waals surface area contributed by atoms with Gasteiger partial charge < -0.3 is 5.32 Å². The first-order chi connectivity index (χ1) is 8.59. The molecule has 1 heterocycles. The second-order valence-electron chi connectivity index (χ2n) is 4.49. The monoisotopic (exact) mass is 268 g/mol. The molecule has 0 atom stereocenters. The third-order valence-electron chi connectivity index (χ3n) is 3.25. The molecular weight excluding hydrogens is 248 g/mol. The van der Waals surface area contributed by atoms with Gasteiger partial charge in [-0.2, -0.15) is 4.31 Å². The highest BCUT2D eigenvalue weighted by molar-refractivity contribution is 7.89. The van der Waals surface area contributed by atoms with E-state index in [-0.39, 0.29) is 0 Å². The number of sulfonamides is 1. The fourth-order valence-corrected chi connectivity index (χ4v) is 3.84. The van der Waals surface area contributed by atoms with Crippen molar-refractivity contribution in [3.63, 3.8) is 0 Å². The van der Waals surface area contributed by atoms with Crippen LogP contribution in [0.25, 0.3) is 0 Å². The smallest absolute Gasteiger partial charge is 0.243 e. The number of nitrogens with one attached hydrogen (secondary N) is 1. The predicted molar refractivity (Wildman–Crippen MR) is 73.4 cm³/mol. The standard InChI is InChI=1S/C13H20N2O2S/c1-3-9-15(4-2)18(16,17)12-6-5-11-7-8-14-13(11)10-12/h5-6,10,14H,3-4,7-9H2,1-2H3. The summed E-state index contributed by atoms with van der Waals surface area (Å²) in [5.74, 6) is 0. The summed E-state index contributed by atoms with van der Waals surface area (Å²) in [5.41, 5.74) is 2.16. The molecule has 0 aliphatic carbocycles. The van der Waals surface area contributed by atoms with Crippen LogP contribution in [0.5, 0.6) is 0 Å². The van der Waals surface area contributed by atoms with Gasteiger partial charge in [-0.1, -0.05) is 19.9 Å². The summed E-state index contributed by atoms with van der Waals surface area (Å²) >= 11 is 0. The Morgan fingerprint density at radius 2 is 2.11 bits per heavy atom. The molecule has 0 unspecified atom stereocenters. The SMILES string of the molecule is CCCN(CC)S(=O)(=O)c1ccc2c(c1)NCC2. The molecule has 0 spiro atoms. The maximum absolute atomic E-state index is 12.5.